The van der Waals surface area contributed by atoms with Gasteiger partial charge in [0, 0.05) is 11.4 Å². The summed E-state index contributed by atoms with van der Waals surface area (Å²) in [5.41, 5.74) is 4.79. The van der Waals surface area contributed by atoms with E-state index in [4.69, 9.17) is 40.5 Å². The number of alkyl halides is 6. The summed E-state index contributed by atoms with van der Waals surface area (Å²) in [4.78, 5) is 43.9. The van der Waals surface area contributed by atoms with Crippen molar-refractivity contribution in [2.75, 3.05) is 21.7 Å². The number of amides is 3. The van der Waals surface area contributed by atoms with Crippen molar-refractivity contribution in [1.82, 2.24) is 9.97 Å². The Kier molecular flexibility index (Phi) is 12.6. The minimum atomic E-state index is -4.61. The average Bonchev–Trinajstić information content (AvgIpc) is 3.07. The summed E-state index contributed by atoms with van der Waals surface area (Å²) in [6.07, 6.45) is -9.16. The second kappa shape index (κ2) is 16.5. The molecule has 5 aromatic rings. The first kappa shape index (κ1) is 40.4. The van der Waals surface area contributed by atoms with Gasteiger partial charge in [0.1, 0.15) is 11.4 Å². The van der Waals surface area contributed by atoms with E-state index in [1.165, 1.54) is 56.3 Å². The molecule has 0 bridgehead atoms. The summed E-state index contributed by atoms with van der Waals surface area (Å²) < 4.78 is 75.9. The van der Waals surface area contributed by atoms with Gasteiger partial charge in [0.15, 0.2) is 0 Å². The van der Waals surface area contributed by atoms with Crippen LogP contribution in [0.1, 0.15) is 53.8 Å². The maximum Gasteiger partial charge on any atom is 0.433 e. The lowest BCUT2D eigenvalue weighted by Gasteiger charge is -2.13. The van der Waals surface area contributed by atoms with Crippen LogP contribution in [0, 0.1) is 13.8 Å². The number of aromatic nitrogens is 2. The molecule has 0 radical (unpaired) electrons. The van der Waals surface area contributed by atoms with E-state index in [1.807, 2.05) is 0 Å². The highest BCUT2D eigenvalue weighted by Crippen LogP contribution is 2.31. The molecule has 2 heterocycles. The number of nitrogens with two attached hydrogens (primary N) is 1. The highest BCUT2D eigenvalue weighted by molar-refractivity contribution is 6.36. The van der Waals surface area contributed by atoms with Crippen LogP contribution in [-0.4, -0.2) is 27.7 Å². The van der Waals surface area contributed by atoms with Crippen LogP contribution in [0.2, 0.25) is 15.1 Å². The molecule has 0 saturated heterocycles. The minimum Gasteiger partial charge on any atom is -0.397 e. The zero-order valence-electron chi connectivity index (χ0n) is 27.2. The number of carbonyl (C=O) groups is 3. The zero-order valence-corrected chi connectivity index (χ0v) is 29.4. The summed E-state index contributed by atoms with van der Waals surface area (Å²) >= 11 is 17.9. The van der Waals surface area contributed by atoms with Gasteiger partial charge in [-0.05, 0) is 86.6 Å². The van der Waals surface area contributed by atoms with Gasteiger partial charge in [-0.1, -0.05) is 46.9 Å². The summed E-state index contributed by atoms with van der Waals surface area (Å²) in [6.45, 7) is 2.64. The second-order valence-corrected chi connectivity index (χ2v) is 12.1. The lowest BCUT2D eigenvalue weighted by Crippen LogP contribution is -2.17. The van der Waals surface area contributed by atoms with Crippen molar-refractivity contribution >= 4 is 75.3 Å². The van der Waals surface area contributed by atoms with E-state index in [0.29, 0.717) is 10.7 Å². The number of nitrogens with zero attached hydrogens (tertiary/aromatic N) is 2. The lowest BCUT2D eigenvalue weighted by molar-refractivity contribution is -0.142. The molecule has 0 unspecified atom stereocenters. The van der Waals surface area contributed by atoms with Crippen LogP contribution in [0.15, 0.2) is 84.9 Å². The Morgan fingerprint density at radius 2 is 1.02 bits per heavy atom. The van der Waals surface area contributed by atoms with E-state index in [-0.39, 0.29) is 55.2 Å². The fraction of sp³-hybridized carbons (Fsp3) is 0.114. The molecule has 0 fully saturated rings. The Morgan fingerprint density at radius 1 is 0.566 bits per heavy atom. The van der Waals surface area contributed by atoms with Gasteiger partial charge in [0.05, 0.1) is 54.5 Å². The van der Waals surface area contributed by atoms with Gasteiger partial charge in [0.2, 0.25) is 0 Å². The van der Waals surface area contributed by atoms with Gasteiger partial charge >= 0.3 is 12.4 Å². The number of halogens is 9. The number of carbonyl (C=O) groups excluding carboxylic acids is 3. The number of hydrogen-bond acceptors (Lipinski definition) is 6. The van der Waals surface area contributed by atoms with Crippen LogP contribution >= 0.6 is 34.8 Å². The lowest BCUT2D eigenvalue weighted by atomic mass is 10.1. The van der Waals surface area contributed by atoms with Crippen molar-refractivity contribution in [2.24, 2.45) is 0 Å². The summed E-state index contributed by atoms with van der Waals surface area (Å²) in [5.74, 6) is -1.75. The highest BCUT2D eigenvalue weighted by Gasteiger charge is 2.34. The number of nitrogen functional groups attached to an aromatic ring is 1. The standard InChI is InChI=1S/C21H14Cl2F3N3O2.C14H11ClF3N3O/c1-11-13(7-9-18(27-11)21(24,25)26)19(30)28-12-6-8-16(23)17(10-12)29-20(31)14-4-2-3-5-15(14)22;1-7-9(3-5-12(20-7)14(16,17)18)13(22)21-8-2-4-10(15)11(19)6-8/h2-10H,1H3,(H,28,30)(H,29,31);2-6H,19H2,1H3,(H,21,22). The first-order valence-electron chi connectivity index (χ1n) is 14.9. The molecule has 0 aliphatic carbocycles. The van der Waals surface area contributed by atoms with Crippen molar-refractivity contribution in [3.8, 4) is 0 Å². The van der Waals surface area contributed by atoms with Gasteiger partial charge in [-0.15, -0.1) is 0 Å². The normalized spacial score (nSPS) is 11.2. The predicted molar refractivity (Wildman–Crippen MR) is 191 cm³/mol. The van der Waals surface area contributed by atoms with Crippen LogP contribution in [-0.2, 0) is 12.4 Å². The summed E-state index contributed by atoms with van der Waals surface area (Å²) in [7, 11) is 0. The monoisotopic (exact) mass is 796 g/mol. The first-order valence-corrected chi connectivity index (χ1v) is 16.0. The Bertz CT molecular complexity index is 2200. The topological polar surface area (TPSA) is 139 Å². The molecule has 0 aliphatic rings. The van der Waals surface area contributed by atoms with Gasteiger partial charge in [0.25, 0.3) is 17.7 Å². The molecule has 276 valence electrons. The third kappa shape index (κ3) is 10.6. The Morgan fingerprint density at radius 3 is 1.47 bits per heavy atom. The second-order valence-electron chi connectivity index (χ2n) is 10.9. The Hall–Kier alpha value is -5.38. The summed E-state index contributed by atoms with van der Waals surface area (Å²) in [5, 5.41) is 8.50. The van der Waals surface area contributed by atoms with E-state index in [2.05, 4.69) is 25.9 Å². The quantitative estimate of drug-likeness (QED) is 0.0997. The molecule has 5 rings (SSSR count). The molecular weight excluding hydrogens is 773 g/mol. The Balaban J connectivity index is 0.000000251. The molecule has 2 aromatic heterocycles. The molecule has 3 aromatic carbocycles. The number of benzene rings is 3. The molecule has 53 heavy (non-hydrogen) atoms. The van der Waals surface area contributed by atoms with Gasteiger partial charge < -0.3 is 21.7 Å². The van der Waals surface area contributed by atoms with E-state index in [9.17, 15) is 40.7 Å². The SMILES string of the molecule is Cc1nc(C(F)(F)F)ccc1C(=O)Nc1ccc(Cl)c(N)c1.Cc1nc(C(F)(F)F)ccc1C(=O)Nc1ccc(Cl)c(NC(=O)c2ccccc2Cl)c1. The average molecular weight is 798 g/mol. The van der Waals surface area contributed by atoms with Crippen molar-refractivity contribution in [1.29, 1.82) is 0 Å². The molecule has 3 amide bonds. The number of nitrogens with one attached hydrogen (secondary N) is 3. The first-order chi connectivity index (χ1) is 24.7. The predicted octanol–water partition coefficient (Wildman–Crippen LogP) is 10.1. The van der Waals surface area contributed by atoms with Crippen LogP contribution < -0.4 is 21.7 Å². The molecule has 0 atom stereocenters. The van der Waals surface area contributed by atoms with E-state index in [1.54, 1.807) is 18.2 Å². The molecule has 18 heteroatoms. The maximum atomic E-state index is 12.8. The third-order valence-corrected chi connectivity index (χ3v) is 8.09. The number of pyridine rings is 2. The fourth-order valence-electron chi connectivity index (χ4n) is 4.47. The van der Waals surface area contributed by atoms with Crippen LogP contribution in [0.4, 0.5) is 49.1 Å². The van der Waals surface area contributed by atoms with Gasteiger partial charge in [-0.25, -0.2) is 9.97 Å². The molecule has 0 aliphatic heterocycles. The summed E-state index contributed by atoms with van der Waals surface area (Å²) in [6, 6.07) is 18.9. The van der Waals surface area contributed by atoms with Gasteiger partial charge in [-0.3, -0.25) is 14.4 Å². The molecular formula is C35H25Cl3F6N6O3. The van der Waals surface area contributed by atoms with E-state index < -0.39 is 41.5 Å². The number of anilines is 4. The van der Waals surface area contributed by atoms with E-state index >= 15 is 0 Å². The van der Waals surface area contributed by atoms with Crippen molar-refractivity contribution in [2.45, 2.75) is 26.2 Å². The van der Waals surface area contributed by atoms with Crippen LogP contribution in [0.3, 0.4) is 0 Å². The maximum absolute atomic E-state index is 12.8. The van der Waals surface area contributed by atoms with Crippen LogP contribution in [0.5, 0.6) is 0 Å². The van der Waals surface area contributed by atoms with Crippen LogP contribution in [0.25, 0.3) is 0 Å². The largest absolute Gasteiger partial charge is 0.433 e. The fourth-order valence-corrected chi connectivity index (χ4v) is 4.97. The van der Waals surface area contributed by atoms with E-state index in [0.717, 1.165) is 24.3 Å². The highest BCUT2D eigenvalue weighted by atomic mass is 35.5. The molecule has 0 spiro atoms. The van der Waals surface area contributed by atoms with Gasteiger partial charge in [-0.2, -0.15) is 26.3 Å². The Labute approximate surface area is 312 Å². The van der Waals surface area contributed by atoms with Crippen molar-refractivity contribution < 1.29 is 40.7 Å². The zero-order chi connectivity index (χ0) is 39.2. The van der Waals surface area contributed by atoms with Crippen molar-refractivity contribution in [3.05, 3.63) is 139 Å². The smallest absolute Gasteiger partial charge is 0.397 e. The number of rotatable bonds is 6. The number of hydrogen-bond donors (Lipinski definition) is 4. The minimum absolute atomic E-state index is 0.0192. The molecule has 0 saturated carbocycles. The molecule has 9 nitrogen and oxygen atoms in total. The number of aryl methyl sites for hydroxylation is 2. The third-order valence-electron chi connectivity index (χ3n) is 7.09. The van der Waals surface area contributed by atoms with Crippen molar-refractivity contribution in [3.63, 3.8) is 0 Å². The molecule has 5 N–H and O–H groups in total.